The highest BCUT2D eigenvalue weighted by Crippen LogP contribution is 2.20. The molecule has 0 spiro atoms. The van der Waals surface area contributed by atoms with Gasteiger partial charge in [0.1, 0.15) is 11.6 Å². The summed E-state index contributed by atoms with van der Waals surface area (Å²) in [4.78, 5) is 0. The van der Waals surface area contributed by atoms with Crippen molar-refractivity contribution in [1.29, 1.82) is 0 Å². The Balaban J connectivity index is 2.92. The molecule has 1 atom stereocenters. The fourth-order valence-corrected chi connectivity index (χ4v) is 1.25. The van der Waals surface area contributed by atoms with Crippen LogP contribution >= 0.6 is 0 Å². The summed E-state index contributed by atoms with van der Waals surface area (Å²) in [7, 11) is 0. The molecule has 0 aliphatic carbocycles. The van der Waals surface area contributed by atoms with Crippen LogP contribution in [-0.4, -0.2) is 13.2 Å². The van der Waals surface area contributed by atoms with Crippen LogP contribution in [0.25, 0.3) is 0 Å². The molecule has 2 N–H and O–H groups in total. The molecule has 0 saturated heterocycles. The van der Waals surface area contributed by atoms with Crippen molar-refractivity contribution in [2.75, 3.05) is 13.2 Å². The second-order valence-electron chi connectivity index (χ2n) is 2.85. The van der Waals surface area contributed by atoms with Crippen molar-refractivity contribution in [3.63, 3.8) is 0 Å². The number of halogens is 2. The first-order chi connectivity index (χ1) is 6.69. The van der Waals surface area contributed by atoms with Crippen LogP contribution in [0.5, 0.6) is 0 Å². The van der Waals surface area contributed by atoms with Crippen LogP contribution < -0.4 is 5.73 Å². The molecule has 0 aromatic heterocycles. The summed E-state index contributed by atoms with van der Waals surface area (Å²) < 4.78 is 31.0. The van der Waals surface area contributed by atoms with Crippen molar-refractivity contribution in [3.05, 3.63) is 35.4 Å². The van der Waals surface area contributed by atoms with Crippen LogP contribution in [-0.2, 0) is 4.74 Å². The van der Waals surface area contributed by atoms with E-state index in [4.69, 9.17) is 10.5 Å². The van der Waals surface area contributed by atoms with Crippen LogP contribution in [0.4, 0.5) is 8.78 Å². The lowest BCUT2D eigenvalue weighted by molar-refractivity contribution is 0.0662. The van der Waals surface area contributed by atoms with Gasteiger partial charge in [-0.15, -0.1) is 0 Å². The molecule has 0 aliphatic rings. The highest BCUT2D eigenvalue weighted by Gasteiger charge is 2.14. The number of rotatable bonds is 4. The average molecular weight is 201 g/mol. The van der Waals surface area contributed by atoms with E-state index in [0.717, 1.165) is 6.07 Å². The SMILES string of the molecule is CCO[C@H](CN)c1ccc(F)cc1F. The normalized spacial score (nSPS) is 12.9. The molecule has 0 bridgehead atoms. The van der Waals surface area contributed by atoms with Gasteiger partial charge in [-0.25, -0.2) is 8.78 Å². The molecule has 0 amide bonds. The van der Waals surface area contributed by atoms with Crippen molar-refractivity contribution in [2.45, 2.75) is 13.0 Å². The molecular formula is C10H13F2NO. The molecule has 78 valence electrons. The summed E-state index contributed by atoms with van der Waals surface area (Å²) in [5.74, 6) is -1.22. The first-order valence-corrected chi connectivity index (χ1v) is 4.45. The molecule has 0 aliphatic heterocycles. The van der Waals surface area contributed by atoms with Crippen LogP contribution in [0.1, 0.15) is 18.6 Å². The third kappa shape index (κ3) is 2.49. The highest BCUT2D eigenvalue weighted by molar-refractivity contribution is 5.21. The Labute approximate surface area is 81.7 Å². The number of hydrogen-bond donors (Lipinski definition) is 1. The Kier molecular flexibility index (Phi) is 3.98. The van der Waals surface area contributed by atoms with Crippen molar-refractivity contribution in [1.82, 2.24) is 0 Å². The number of ether oxygens (including phenoxy) is 1. The summed E-state index contributed by atoms with van der Waals surface area (Å²) >= 11 is 0. The van der Waals surface area contributed by atoms with Gasteiger partial charge in [-0.1, -0.05) is 6.07 Å². The van der Waals surface area contributed by atoms with E-state index in [9.17, 15) is 8.78 Å². The van der Waals surface area contributed by atoms with Gasteiger partial charge in [-0.2, -0.15) is 0 Å². The maximum Gasteiger partial charge on any atom is 0.131 e. The summed E-state index contributed by atoms with van der Waals surface area (Å²) in [5, 5.41) is 0. The summed E-state index contributed by atoms with van der Waals surface area (Å²) in [6, 6.07) is 3.38. The van der Waals surface area contributed by atoms with Gasteiger partial charge in [0.15, 0.2) is 0 Å². The molecule has 4 heteroatoms. The van der Waals surface area contributed by atoms with E-state index in [0.29, 0.717) is 12.2 Å². The fraction of sp³-hybridized carbons (Fsp3) is 0.400. The Morgan fingerprint density at radius 1 is 1.43 bits per heavy atom. The third-order valence-corrected chi connectivity index (χ3v) is 1.89. The van der Waals surface area contributed by atoms with E-state index in [1.807, 2.05) is 0 Å². The Morgan fingerprint density at radius 3 is 2.64 bits per heavy atom. The van der Waals surface area contributed by atoms with E-state index in [1.165, 1.54) is 12.1 Å². The molecule has 14 heavy (non-hydrogen) atoms. The molecule has 1 rings (SSSR count). The number of benzene rings is 1. The lowest BCUT2D eigenvalue weighted by Gasteiger charge is -2.15. The quantitative estimate of drug-likeness (QED) is 0.808. The maximum absolute atomic E-state index is 13.2. The zero-order valence-corrected chi connectivity index (χ0v) is 7.97. The van der Waals surface area contributed by atoms with Crippen LogP contribution in [0.15, 0.2) is 18.2 Å². The van der Waals surface area contributed by atoms with Crippen LogP contribution in [0, 0.1) is 11.6 Å². The molecule has 0 unspecified atom stereocenters. The van der Waals surface area contributed by atoms with Crippen molar-refractivity contribution in [3.8, 4) is 0 Å². The van der Waals surface area contributed by atoms with E-state index in [2.05, 4.69) is 0 Å². The number of hydrogen-bond acceptors (Lipinski definition) is 2. The smallest absolute Gasteiger partial charge is 0.131 e. The molecule has 2 nitrogen and oxygen atoms in total. The molecule has 0 saturated carbocycles. The van der Waals surface area contributed by atoms with Gasteiger partial charge < -0.3 is 10.5 Å². The van der Waals surface area contributed by atoms with E-state index >= 15 is 0 Å². The maximum atomic E-state index is 13.2. The standard InChI is InChI=1S/C10H13F2NO/c1-2-14-10(6-13)8-4-3-7(11)5-9(8)12/h3-5,10H,2,6,13H2,1H3/t10-/m1/s1. The van der Waals surface area contributed by atoms with E-state index < -0.39 is 17.7 Å². The summed E-state index contributed by atoms with van der Waals surface area (Å²) in [6.07, 6.45) is -0.499. The van der Waals surface area contributed by atoms with E-state index in [-0.39, 0.29) is 6.54 Å². The van der Waals surface area contributed by atoms with Crippen molar-refractivity contribution in [2.24, 2.45) is 5.73 Å². The lowest BCUT2D eigenvalue weighted by atomic mass is 10.1. The van der Waals surface area contributed by atoms with Crippen molar-refractivity contribution < 1.29 is 13.5 Å². The van der Waals surface area contributed by atoms with Gasteiger partial charge in [-0.3, -0.25) is 0 Å². The average Bonchev–Trinajstić information content (AvgIpc) is 2.15. The molecule has 0 radical (unpaired) electrons. The largest absolute Gasteiger partial charge is 0.372 e. The molecule has 0 fully saturated rings. The highest BCUT2D eigenvalue weighted by atomic mass is 19.1. The molecule has 1 aromatic carbocycles. The Hall–Kier alpha value is -1.00. The topological polar surface area (TPSA) is 35.2 Å². The van der Waals surface area contributed by atoms with Crippen LogP contribution in [0.2, 0.25) is 0 Å². The minimum Gasteiger partial charge on any atom is -0.372 e. The van der Waals surface area contributed by atoms with Gasteiger partial charge in [-0.05, 0) is 13.0 Å². The minimum absolute atomic E-state index is 0.177. The summed E-state index contributed by atoms with van der Waals surface area (Å²) in [6.45, 7) is 2.42. The van der Waals surface area contributed by atoms with Gasteiger partial charge in [0, 0.05) is 24.8 Å². The Bertz CT molecular complexity index is 304. The lowest BCUT2D eigenvalue weighted by Crippen LogP contribution is -2.17. The second kappa shape index (κ2) is 5.02. The molecular weight excluding hydrogens is 188 g/mol. The molecule has 1 aromatic rings. The fourth-order valence-electron chi connectivity index (χ4n) is 1.25. The first-order valence-electron chi connectivity index (χ1n) is 4.45. The van der Waals surface area contributed by atoms with Crippen LogP contribution in [0.3, 0.4) is 0 Å². The Morgan fingerprint density at radius 2 is 2.14 bits per heavy atom. The second-order valence-corrected chi connectivity index (χ2v) is 2.85. The van der Waals surface area contributed by atoms with Gasteiger partial charge >= 0.3 is 0 Å². The predicted molar refractivity (Wildman–Crippen MR) is 49.8 cm³/mol. The van der Waals surface area contributed by atoms with Gasteiger partial charge in [0.05, 0.1) is 6.10 Å². The monoisotopic (exact) mass is 201 g/mol. The number of nitrogens with two attached hydrogens (primary N) is 1. The zero-order valence-electron chi connectivity index (χ0n) is 7.97. The first kappa shape index (κ1) is 11.1. The van der Waals surface area contributed by atoms with Gasteiger partial charge in [0.25, 0.3) is 0 Å². The van der Waals surface area contributed by atoms with E-state index in [1.54, 1.807) is 6.92 Å². The zero-order chi connectivity index (χ0) is 10.6. The van der Waals surface area contributed by atoms with Crippen molar-refractivity contribution >= 4 is 0 Å². The molecule has 0 heterocycles. The summed E-state index contributed by atoms with van der Waals surface area (Å²) in [5.41, 5.74) is 5.71. The minimum atomic E-state index is -0.617. The third-order valence-electron chi connectivity index (χ3n) is 1.89. The predicted octanol–water partition coefficient (Wildman–Crippen LogP) is 2.00. The van der Waals surface area contributed by atoms with Gasteiger partial charge in [0.2, 0.25) is 0 Å².